The largest absolute Gasteiger partial charge is 0.380 e. The second kappa shape index (κ2) is 5.72. The van der Waals surface area contributed by atoms with Crippen molar-refractivity contribution in [2.45, 2.75) is 23.9 Å². The van der Waals surface area contributed by atoms with E-state index in [4.69, 9.17) is 10.5 Å². The highest BCUT2D eigenvalue weighted by atomic mass is 32.2. The molecular formula is C12H16F2N2O3S. The summed E-state index contributed by atoms with van der Waals surface area (Å²) in [5.74, 6) is -1.98. The van der Waals surface area contributed by atoms with Crippen molar-refractivity contribution in [3.05, 3.63) is 29.3 Å². The molecule has 1 aromatic rings. The number of ether oxygens (including phenoxy) is 1. The van der Waals surface area contributed by atoms with Crippen molar-refractivity contribution in [3.8, 4) is 0 Å². The van der Waals surface area contributed by atoms with Crippen LogP contribution in [0.5, 0.6) is 0 Å². The molecule has 0 radical (unpaired) electrons. The van der Waals surface area contributed by atoms with Gasteiger partial charge in [0.1, 0.15) is 10.7 Å². The second-order valence-corrected chi connectivity index (χ2v) is 6.55. The van der Waals surface area contributed by atoms with E-state index in [1.165, 1.54) is 7.05 Å². The fourth-order valence-corrected chi connectivity index (χ4v) is 3.58. The molecule has 2 rings (SSSR count). The molecule has 8 heteroatoms. The molecule has 1 saturated heterocycles. The van der Waals surface area contributed by atoms with E-state index < -0.39 is 38.7 Å². The lowest BCUT2D eigenvalue weighted by molar-refractivity contribution is 0.180. The van der Waals surface area contributed by atoms with Crippen LogP contribution in [0.1, 0.15) is 12.0 Å². The summed E-state index contributed by atoms with van der Waals surface area (Å²) >= 11 is 0. The number of nitrogens with zero attached hydrogens (tertiary/aromatic N) is 1. The van der Waals surface area contributed by atoms with Crippen LogP contribution >= 0.6 is 0 Å². The Morgan fingerprint density at radius 1 is 1.45 bits per heavy atom. The van der Waals surface area contributed by atoms with Crippen LogP contribution in [0.3, 0.4) is 0 Å². The van der Waals surface area contributed by atoms with Crippen molar-refractivity contribution in [1.29, 1.82) is 0 Å². The molecule has 1 aliphatic rings. The van der Waals surface area contributed by atoms with E-state index in [1.807, 2.05) is 0 Å². The predicted octanol–water partition coefficient (Wildman–Crippen LogP) is 0.833. The maximum absolute atomic E-state index is 14.1. The first-order valence-electron chi connectivity index (χ1n) is 6.12. The molecule has 0 saturated carbocycles. The summed E-state index contributed by atoms with van der Waals surface area (Å²) in [6.07, 6.45) is 0.544. The average molecular weight is 306 g/mol. The molecule has 1 heterocycles. The molecule has 112 valence electrons. The zero-order valence-corrected chi connectivity index (χ0v) is 11.8. The molecule has 5 nitrogen and oxygen atoms in total. The van der Waals surface area contributed by atoms with Crippen molar-refractivity contribution >= 4 is 10.0 Å². The number of halogens is 2. The number of sulfonamides is 1. The zero-order valence-electron chi connectivity index (χ0n) is 11.0. The van der Waals surface area contributed by atoms with E-state index in [9.17, 15) is 17.2 Å². The standard InChI is InChI=1S/C12H16F2N2O3S/c1-16(8-4-5-19-7-8)20(17,18)11-3-2-10(13)9(6-15)12(11)14/h2-3,8H,4-7,15H2,1H3. The van der Waals surface area contributed by atoms with Crippen molar-refractivity contribution in [2.24, 2.45) is 5.73 Å². The van der Waals surface area contributed by atoms with Crippen LogP contribution in [-0.2, 0) is 21.3 Å². The van der Waals surface area contributed by atoms with Gasteiger partial charge >= 0.3 is 0 Å². The van der Waals surface area contributed by atoms with Crippen molar-refractivity contribution in [1.82, 2.24) is 4.31 Å². The fourth-order valence-electron chi connectivity index (χ4n) is 2.12. The third-order valence-electron chi connectivity index (χ3n) is 3.43. The fraction of sp³-hybridized carbons (Fsp3) is 0.500. The lowest BCUT2D eigenvalue weighted by atomic mass is 10.2. The highest BCUT2D eigenvalue weighted by Crippen LogP contribution is 2.26. The summed E-state index contributed by atoms with van der Waals surface area (Å²) in [5.41, 5.74) is 4.82. The Hall–Kier alpha value is -1.09. The topological polar surface area (TPSA) is 72.6 Å². The summed E-state index contributed by atoms with van der Waals surface area (Å²) in [7, 11) is -2.69. The molecule has 0 spiro atoms. The quantitative estimate of drug-likeness (QED) is 0.894. The van der Waals surface area contributed by atoms with Gasteiger partial charge < -0.3 is 10.5 Å². The maximum atomic E-state index is 14.1. The van der Waals surface area contributed by atoms with E-state index in [1.54, 1.807) is 0 Å². The highest BCUT2D eigenvalue weighted by Gasteiger charge is 2.33. The molecule has 1 aromatic carbocycles. The molecule has 2 N–H and O–H groups in total. The number of nitrogens with two attached hydrogens (primary N) is 1. The maximum Gasteiger partial charge on any atom is 0.246 e. The summed E-state index contributed by atoms with van der Waals surface area (Å²) < 4.78 is 58.5. The van der Waals surface area contributed by atoms with E-state index in [-0.39, 0.29) is 12.6 Å². The van der Waals surface area contributed by atoms with Crippen molar-refractivity contribution in [3.63, 3.8) is 0 Å². The van der Waals surface area contributed by atoms with Gasteiger partial charge in [-0.25, -0.2) is 17.2 Å². The first kappa shape index (κ1) is 15.3. The highest BCUT2D eigenvalue weighted by molar-refractivity contribution is 7.89. The number of likely N-dealkylation sites (N-methyl/N-ethyl adjacent to an activating group) is 1. The van der Waals surface area contributed by atoms with Crippen LogP contribution in [-0.4, -0.2) is 39.0 Å². The Morgan fingerprint density at radius 2 is 2.15 bits per heavy atom. The number of hydrogen-bond donors (Lipinski definition) is 1. The van der Waals surface area contributed by atoms with E-state index in [2.05, 4.69) is 0 Å². The third-order valence-corrected chi connectivity index (χ3v) is 5.36. The van der Waals surface area contributed by atoms with Gasteiger partial charge in [-0.3, -0.25) is 0 Å². The minimum absolute atomic E-state index is 0.266. The summed E-state index contributed by atoms with van der Waals surface area (Å²) in [6.45, 7) is 0.323. The van der Waals surface area contributed by atoms with Crippen LogP contribution in [0.25, 0.3) is 0 Å². The molecule has 1 atom stereocenters. The Bertz CT molecular complexity index is 601. The first-order valence-corrected chi connectivity index (χ1v) is 7.56. The van der Waals surface area contributed by atoms with E-state index in [0.717, 1.165) is 16.4 Å². The smallest absolute Gasteiger partial charge is 0.246 e. The molecular weight excluding hydrogens is 290 g/mol. The Labute approximate surface area is 116 Å². The summed E-state index contributed by atoms with van der Waals surface area (Å²) in [6, 6.07) is 1.49. The van der Waals surface area contributed by atoms with E-state index in [0.29, 0.717) is 13.0 Å². The number of benzene rings is 1. The van der Waals surface area contributed by atoms with Crippen LogP contribution < -0.4 is 5.73 Å². The molecule has 0 aliphatic carbocycles. The van der Waals surface area contributed by atoms with Gasteiger partial charge in [-0.2, -0.15) is 4.31 Å². The van der Waals surface area contributed by atoms with Crippen molar-refractivity contribution in [2.75, 3.05) is 20.3 Å². The van der Waals surface area contributed by atoms with Crippen LogP contribution in [0.2, 0.25) is 0 Å². The monoisotopic (exact) mass is 306 g/mol. The zero-order chi connectivity index (χ0) is 14.9. The van der Waals surface area contributed by atoms with Gasteiger partial charge in [0.05, 0.1) is 12.6 Å². The molecule has 1 unspecified atom stereocenters. The predicted molar refractivity (Wildman–Crippen MR) is 68.4 cm³/mol. The molecule has 0 amide bonds. The summed E-state index contributed by atoms with van der Waals surface area (Å²) in [5, 5.41) is 0. The SMILES string of the molecule is CN(C1CCOC1)S(=O)(=O)c1ccc(F)c(CN)c1F. The Balaban J connectivity index is 2.44. The van der Waals surface area contributed by atoms with Crippen molar-refractivity contribution < 1.29 is 21.9 Å². The minimum atomic E-state index is -4.05. The molecule has 0 aromatic heterocycles. The van der Waals surface area contributed by atoms with Gasteiger partial charge in [0.25, 0.3) is 0 Å². The normalized spacial score (nSPS) is 19.8. The lowest BCUT2D eigenvalue weighted by Crippen LogP contribution is -2.37. The van der Waals surface area contributed by atoms with E-state index >= 15 is 0 Å². The molecule has 20 heavy (non-hydrogen) atoms. The number of rotatable bonds is 4. The van der Waals surface area contributed by atoms with Gasteiger partial charge in [-0.15, -0.1) is 0 Å². The second-order valence-electron chi connectivity index (χ2n) is 4.58. The molecule has 1 fully saturated rings. The summed E-state index contributed by atoms with van der Waals surface area (Å²) in [4.78, 5) is -0.561. The molecule has 1 aliphatic heterocycles. The van der Waals surface area contributed by atoms with Gasteiger partial charge in [0.15, 0.2) is 5.82 Å². The van der Waals surface area contributed by atoms with Gasteiger partial charge in [-0.05, 0) is 18.6 Å². The van der Waals surface area contributed by atoms with Crippen LogP contribution in [0.4, 0.5) is 8.78 Å². The van der Waals surface area contributed by atoms with Gasteiger partial charge in [0.2, 0.25) is 10.0 Å². The van der Waals surface area contributed by atoms with Gasteiger partial charge in [-0.1, -0.05) is 0 Å². The van der Waals surface area contributed by atoms with Crippen LogP contribution in [0, 0.1) is 11.6 Å². The third kappa shape index (κ3) is 2.56. The Morgan fingerprint density at radius 3 is 2.70 bits per heavy atom. The average Bonchev–Trinajstić information content (AvgIpc) is 2.91. The van der Waals surface area contributed by atoms with Crippen LogP contribution in [0.15, 0.2) is 17.0 Å². The van der Waals surface area contributed by atoms with Gasteiger partial charge in [0, 0.05) is 25.8 Å². The lowest BCUT2D eigenvalue weighted by Gasteiger charge is -2.23. The number of hydrogen-bond acceptors (Lipinski definition) is 4. The molecule has 0 bridgehead atoms. The Kier molecular flexibility index (Phi) is 4.38. The minimum Gasteiger partial charge on any atom is -0.380 e. The first-order chi connectivity index (χ1) is 9.39.